The monoisotopic (exact) mass is 268 g/mol. The van der Waals surface area contributed by atoms with E-state index in [-0.39, 0.29) is 12.2 Å². The molecule has 0 amide bonds. The predicted octanol–water partition coefficient (Wildman–Crippen LogP) is 4.01. The van der Waals surface area contributed by atoms with Crippen molar-refractivity contribution < 1.29 is 19.0 Å². The van der Waals surface area contributed by atoms with Gasteiger partial charge in [-0.15, -0.1) is 0 Å². The number of ether oxygens (including phenoxy) is 1. The Bertz CT molecular complexity index is 404. The van der Waals surface area contributed by atoms with Crippen LogP contribution in [0.2, 0.25) is 0 Å². The van der Waals surface area contributed by atoms with Gasteiger partial charge in [0, 0.05) is 12.2 Å². The fourth-order valence-corrected chi connectivity index (χ4v) is 1.85. The van der Waals surface area contributed by atoms with E-state index in [0.717, 1.165) is 12.8 Å². The predicted molar refractivity (Wildman–Crippen MR) is 71.8 cm³/mol. The Morgan fingerprint density at radius 2 is 2.00 bits per heavy atom. The standard InChI is InChI=1S/C15H21FO3/c1-2-3-4-5-6-10-19-11-12-8-7-9-13(14(12)16)15(17)18/h7-9H,2-6,10-11H2,1H3,(H,17,18). The van der Waals surface area contributed by atoms with Gasteiger partial charge in [-0.25, -0.2) is 9.18 Å². The molecule has 0 aliphatic heterocycles. The van der Waals surface area contributed by atoms with Crippen molar-refractivity contribution in [2.75, 3.05) is 6.61 Å². The van der Waals surface area contributed by atoms with Gasteiger partial charge in [0.05, 0.1) is 12.2 Å². The lowest BCUT2D eigenvalue weighted by Gasteiger charge is -2.07. The SMILES string of the molecule is CCCCCCCOCc1cccc(C(=O)O)c1F. The molecule has 0 aliphatic rings. The normalized spacial score (nSPS) is 10.6. The van der Waals surface area contributed by atoms with Gasteiger partial charge in [-0.2, -0.15) is 0 Å². The lowest BCUT2D eigenvalue weighted by atomic mass is 10.1. The number of benzene rings is 1. The van der Waals surface area contributed by atoms with E-state index in [1.807, 2.05) is 0 Å². The summed E-state index contributed by atoms with van der Waals surface area (Å²) in [5.74, 6) is -1.94. The van der Waals surface area contributed by atoms with E-state index in [1.165, 1.54) is 31.4 Å². The molecule has 0 bridgehead atoms. The highest BCUT2D eigenvalue weighted by atomic mass is 19.1. The minimum atomic E-state index is -1.25. The van der Waals surface area contributed by atoms with Crippen LogP contribution in [0.4, 0.5) is 4.39 Å². The Morgan fingerprint density at radius 1 is 1.26 bits per heavy atom. The molecular weight excluding hydrogens is 247 g/mol. The highest BCUT2D eigenvalue weighted by Gasteiger charge is 2.13. The Balaban J connectivity index is 2.33. The fourth-order valence-electron chi connectivity index (χ4n) is 1.85. The zero-order chi connectivity index (χ0) is 14.1. The number of carboxylic acids is 1. The second-order valence-corrected chi connectivity index (χ2v) is 4.55. The molecular formula is C15H21FO3. The molecule has 0 saturated carbocycles. The van der Waals surface area contributed by atoms with Crippen LogP contribution in [0.25, 0.3) is 0 Å². The van der Waals surface area contributed by atoms with Gasteiger partial charge in [-0.1, -0.05) is 44.7 Å². The number of hydrogen-bond acceptors (Lipinski definition) is 2. The number of carbonyl (C=O) groups is 1. The summed E-state index contributed by atoms with van der Waals surface area (Å²) in [7, 11) is 0. The van der Waals surface area contributed by atoms with Gasteiger partial charge in [0.2, 0.25) is 0 Å². The maximum Gasteiger partial charge on any atom is 0.338 e. The van der Waals surface area contributed by atoms with Crippen LogP contribution < -0.4 is 0 Å². The Hall–Kier alpha value is -1.42. The third-order valence-electron chi connectivity index (χ3n) is 2.96. The first-order valence-corrected chi connectivity index (χ1v) is 6.75. The van der Waals surface area contributed by atoms with Crippen molar-refractivity contribution in [2.45, 2.75) is 45.6 Å². The van der Waals surface area contributed by atoms with Crippen molar-refractivity contribution in [1.82, 2.24) is 0 Å². The van der Waals surface area contributed by atoms with Crippen LogP contribution in [0.3, 0.4) is 0 Å². The Kier molecular flexibility index (Phi) is 7.11. The van der Waals surface area contributed by atoms with Gasteiger partial charge in [0.15, 0.2) is 0 Å². The molecule has 0 aromatic heterocycles. The fraction of sp³-hybridized carbons (Fsp3) is 0.533. The van der Waals surface area contributed by atoms with Crippen LogP contribution in [0, 0.1) is 5.82 Å². The van der Waals surface area contributed by atoms with E-state index in [1.54, 1.807) is 6.07 Å². The number of hydrogen-bond donors (Lipinski definition) is 1. The largest absolute Gasteiger partial charge is 0.478 e. The summed E-state index contributed by atoms with van der Waals surface area (Å²) in [5, 5.41) is 8.80. The molecule has 0 spiro atoms. The maximum atomic E-state index is 13.7. The molecule has 1 aromatic carbocycles. The molecule has 0 aliphatic carbocycles. The first-order chi connectivity index (χ1) is 9.16. The number of unbranched alkanes of at least 4 members (excludes halogenated alkanes) is 4. The van der Waals surface area contributed by atoms with Crippen molar-refractivity contribution in [3.63, 3.8) is 0 Å². The summed E-state index contributed by atoms with van der Waals surface area (Å²) in [5.41, 5.74) is -0.00231. The maximum absolute atomic E-state index is 13.7. The highest BCUT2D eigenvalue weighted by Crippen LogP contribution is 2.14. The lowest BCUT2D eigenvalue weighted by molar-refractivity contribution is 0.0690. The molecule has 3 nitrogen and oxygen atoms in total. The molecule has 4 heteroatoms. The molecule has 1 aromatic rings. The molecule has 0 radical (unpaired) electrons. The summed E-state index contributed by atoms with van der Waals surface area (Å²) in [6.07, 6.45) is 5.71. The second kappa shape index (κ2) is 8.64. The van der Waals surface area contributed by atoms with E-state index < -0.39 is 11.8 Å². The van der Waals surface area contributed by atoms with Gasteiger partial charge < -0.3 is 9.84 Å². The van der Waals surface area contributed by atoms with Gasteiger partial charge in [-0.3, -0.25) is 0 Å². The van der Waals surface area contributed by atoms with E-state index in [9.17, 15) is 9.18 Å². The Labute approximate surface area is 113 Å². The zero-order valence-corrected chi connectivity index (χ0v) is 11.3. The summed E-state index contributed by atoms with van der Waals surface area (Å²) in [6.45, 7) is 2.87. The molecule has 0 atom stereocenters. The molecule has 1 N–H and O–H groups in total. The third-order valence-corrected chi connectivity index (χ3v) is 2.96. The molecule has 0 unspecified atom stereocenters. The van der Waals surface area contributed by atoms with Crippen molar-refractivity contribution in [1.29, 1.82) is 0 Å². The van der Waals surface area contributed by atoms with E-state index >= 15 is 0 Å². The summed E-state index contributed by atoms with van der Waals surface area (Å²) < 4.78 is 19.1. The molecule has 0 fully saturated rings. The smallest absolute Gasteiger partial charge is 0.338 e. The van der Waals surface area contributed by atoms with Crippen LogP contribution in [0.15, 0.2) is 18.2 Å². The number of carboxylic acid groups (broad SMARTS) is 1. The van der Waals surface area contributed by atoms with Crippen molar-refractivity contribution in [2.24, 2.45) is 0 Å². The first kappa shape index (κ1) is 15.6. The van der Waals surface area contributed by atoms with E-state index in [0.29, 0.717) is 12.2 Å². The van der Waals surface area contributed by atoms with Crippen LogP contribution in [0.5, 0.6) is 0 Å². The van der Waals surface area contributed by atoms with Crippen molar-refractivity contribution in [3.05, 3.63) is 35.1 Å². The average Bonchev–Trinajstić information content (AvgIpc) is 2.39. The Morgan fingerprint density at radius 3 is 2.68 bits per heavy atom. The van der Waals surface area contributed by atoms with Gasteiger partial charge in [0.25, 0.3) is 0 Å². The average molecular weight is 268 g/mol. The molecule has 19 heavy (non-hydrogen) atoms. The number of aromatic carboxylic acids is 1. The number of halogens is 1. The highest BCUT2D eigenvalue weighted by molar-refractivity contribution is 5.88. The van der Waals surface area contributed by atoms with E-state index in [4.69, 9.17) is 9.84 Å². The summed E-state index contributed by atoms with van der Waals surface area (Å²) >= 11 is 0. The second-order valence-electron chi connectivity index (χ2n) is 4.55. The van der Waals surface area contributed by atoms with Crippen LogP contribution in [0.1, 0.15) is 54.9 Å². The van der Waals surface area contributed by atoms with Gasteiger partial charge in [-0.05, 0) is 12.5 Å². The molecule has 1 rings (SSSR count). The van der Waals surface area contributed by atoms with Crippen molar-refractivity contribution >= 4 is 5.97 Å². The lowest BCUT2D eigenvalue weighted by Crippen LogP contribution is -2.05. The molecule has 106 valence electrons. The van der Waals surface area contributed by atoms with Crippen LogP contribution >= 0.6 is 0 Å². The minimum absolute atomic E-state index is 0.126. The number of rotatable bonds is 9. The van der Waals surface area contributed by atoms with Crippen molar-refractivity contribution in [3.8, 4) is 0 Å². The third kappa shape index (κ3) is 5.39. The van der Waals surface area contributed by atoms with Crippen LogP contribution in [-0.2, 0) is 11.3 Å². The van der Waals surface area contributed by atoms with E-state index in [2.05, 4.69) is 6.92 Å². The molecule has 0 saturated heterocycles. The quantitative estimate of drug-likeness (QED) is 0.688. The zero-order valence-electron chi connectivity index (χ0n) is 11.3. The minimum Gasteiger partial charge on any atom is -0.478 e. The van der Waals surface area contributed by atoms with Gasteiger partial charge in [0.1, 0.15) is 5.82 Å². The van der Waals surface area contributed by atoms with Gasteiger partial charge >= 0.3 is 5.97 Å². The summed E-state index contributed by atoms with van der Waals surface area (Å²) in [4.78, 5) is 10.8. The molecule has 0 heterocycles. The topological polar surface area (TPSA) is 46.5 Å². The van der Waals surface area contributed by atoms with Crippen LogP contribution in [-0.4, -0.2) is 17.7 Å². The summed E-state index contributed by atoms with van der Waals surface area (Å²) in [6, 6.07) is 4.34. The first-order valence-electron chi connectivity index (χ1n) is 6.75.